The van der Waals surface area contributed by atoms with Gasteiger partial charge in [0.25, 0.3) is 0 Å². The highest BCUT2D eigenvalue weighted by Gasteiger charge is 2.17. The molecule has 0 fully saturated rings. The van der Waals surface area contributed by atoms with Crippen molar-refractivity contribution in [3.05, 3.63) is 23.1 Å². The van der Waals surface area contributed by atoms with Crippen molar-refractivity contribution in [2.24, 2.45) is 0 Å². The van der Waals surface area contributed by atoms with Gasteiger partial charge >= 0.3 is 0 Å². The van der Waals surface area contributed by atoms with Crippen LogP contribution in [0, 0.1) is 0 Å². The van der Waals surface area contributed by atoms with Crippen LogP contribution in [0.15, 0.2) is 17.2 Å². The van der Waals surface area contributed by atoms with Gasteiger partial charge in [0.15, 0.2) is 5.82 Å². The van der Waals surface area contributed by atoms with Gasteiger partial charge in [-0.25, -0.2) is 18.1 Å². The van der Waals surface area contributed by atoms with Crippen LogP contribution in [0.5, 0.6) is 0 Å². The number of sulfonamides is 1. The van der Waals surface area contributed by atoms with Crippen LogP contribution in [-0.4, -0.2) is 41.1 Å². The predicted molar refractivity (Wildman–Crippen MR) is 67.0 cm³/mol. The standard InChI is InChI=1S/C8H10ClN7O2S/c1-10-8-6(9)2-5(3-11-8)19(17,18)12-4-7-13-15-16-14-7/h2-3,12H,4H2,1H3,(H,10,11)(H,13,14,15,16). The van der Waals surface area contributed by atoms with E-state index in [1.165, 1.54) is 12.3 Å². The second-order valence-electron chi connectivity index (χ2n) is 3.40. The summed E-state index contributed by atoms with van der Waals surface area (Å²) in [7, 11) is -2.09. The molecule has 0 aliphatic carbocycles. The Kier molecular flexibility index (Phi) is 3.93. The third-order valence-corrected chi connectivity index (χ3v) is 3.83. The lowest BCUT2D eigenvalue weighted by Crippen LogP contribution is -2.24. The molecule has 102 valence electrons. The number of hydrogen-bond donors (Lipinski definition) is 3. The van der Waals surface area contributed by atoms with Crippen LogP contribution in [0.4, 0.5) is 5.82 Å². The van der Waals surface area contributed by atoms with Gasteiger partial charge in [0.1, 0.15) is 10.7 Å². The molecule has 2 aromatic rings. The predicted octanol–water partition coefficient (Wildman–Crippen LogP) is -0.232. The zero-order valence-electron chi connectivity index (χ0n) is 9.75. The van der Waals surface area contributed by atoms with E-state index in [0.29, 0.717) is 5.82 Å². The van der Waals surface area contributed by atoms with Gasteiger partial charge in [-0.2, -0.15) is 5.21 Å². The summed E-state index contributed by atoms with van der Waals surface area (Å²) < 4.78 is 26.2. The minimum Gasteiger partial charge on any atom is -0.372 e. The Balaban J connectivity index is 2.17. The number of rotatable bonds is 5. The molecule has 0 amide bonds. The number of H-pyrrole nitrogens is 1. The van der Waals surface area contributed by atoms with Crippen molar-refractivity contribution in [2.45, 2.75) is 11.4 Å². The van der Waals surface area contributed by atoms with Crippen molar-refractivity contribution in [3.63, 3.8) is 0 Å². The number of pyridine rings is 1. The number of aromatic nitrogens is 5. The molecule has 0 saturated carbocycles. The van der Waals surface area contributed by atoms with Crippen LogP contribution >= 0.6 is 11.6 Å². The molecule has 9 nitrogen and oxygen atoms in total. The van der Waals surface area contributed by atoms with E-state index < -0.39 is 10.0 Å². The van der Waals surface area contributed by atoms with Crippen molar-refractivity contribution < 1.29 is 8.42 Å². The van der Waals surface area contributed by atoms with Crippen LogP contribution < -0.4 is 10.0 Å². The van der Waals surface area contributed by atoms with E-state index in [-0.39, 0.29) is 22.3 Å². The highest BCUT2D eigenvalue weighted by atomic mass is 35.5. The zero-order chi connectivity index (χ0) is 13.9. The highest BCUT2D eigenvalue weighted by molar-refractivity contribution is 7.89. The number of anilines is 1. The second-order valence-corrected chi connectivity index (χ2v) is 5.58. The lowest BCUT2D eigenvalue weighted by Gasteiger charge is -2.07. The first-order chi connectivity index (χ1) is 9.03. The van der Waals surface area contributed by atoms with Crippen molar-refractivity contribution in [1.29, 1.82) is 0 Å². The molecule has 19 heavy (non-hydrogen) atoms. The monoisotopic (exact) mass is 303 g/mol. The molecule has 0 radical (unpaired) electrons. The van der Waals surface area contributed by atoms with Crippen LogP contribution in [0.3, 0.4) is 0 Å². The Morgan fingerprint density at radius 3 is 2.84 bits per heavy atom. The van der Waals surface area contributed by atoms with E-state index in [0.717, 1.165) is 0 Å². The number of nitrogens with zero attached hydrogens (tertiary/aromatic N) is 4. The van der Waals surface area contributed by atoms with Crippen LogP contribution in [0.25, 0.3) is 0 Å². The molecule has 0 aromatic carbocycles. The molecule has 0 unspecified atom stereocenters. The van der Waals surface area contributed by atoms with E-state index in [1.54, 1.807) is 7.05 Å². The van der Waals surface area contributed by atoms with Gasteiger partial charge in [0, 0.05) is 13.2 Å². The SMILES string of the molecule is CNc1ncc(S(=O)(=O)NCc2nn[nH]n2)cc1Cl. The van der Waals surface area contributed by atoms with Gasteiger partial charge in [-0.05, 0) is 6.07 Å². The largest absolute Gasteiger partial charge is 0.372 e. The summed E-state index contributed by atoms with van der Waals surface area (Å²) >= 11 is 5.88. The summed E-state index contributed by atoms with van der Waals surface area (Å²) in [5, 5.41) is 15.8. The fourth-order valence-corrected chi connectivity index (χ4v) is 2.53. The topological polar surface area (TPSA) is 126 Å². The molecular formula is C8H10ClN7O2S. The molecule has 3 N–H and O–H groups in total. The maximum absolute atomic E-state index is 12.0. The van der Waals surface area contributed by atoms with Crippen molar-refractivity contribution >= 4 is 27.4 Å². The first-order valence-electron chi connectivity index (χ1n) is 5.08. The smallest absolute Gasteiger partial charge is 0.242 e. The Morgan fingerprint density at radius 1 is 1.47 bits per heavy atom. The molecule has 0 aliphatic heterocycles. The summed E-state index contributed by atoms with van der Waals surface area (Å²) in [5.41, 5.74) is 0. The molecule has 11 heteroatoms. The third kappa shape index (κ3) is 3.16. The summed E-state index contributed by atoms with van der Waals surface area (Å²) in [6.45, 7) is -0.0791. The van der Waals surface area contributed by atoms with Crippen LogP contribution in [0.1, 0.15) is 5.82 Å². The molecule has 2 rings (SSSR count). The average Bonchev–Trinajstić information content (AvgIpc) is 2.89. The second kappa shape index (κ2) is 5.47. The minimum atomic E-state index is -3.73. The summed E-state index contributed by atoms with van der Waals surface area (Å²) in [6.07, 6.45) is 1.20. The van der Waals surface area contributed by atoms with Crippen molar-refractivity contribution in [2.75, 3.05) is 12.4 Å². The Hall–Kier alpha value is -1.78. The van der Waals surface area contributed by atoms with E-state index in [1.807, 2.05) is 0 Å². The molecule has 0 atom stereocenters. The van der Waals surface area contributed by atoms with Gasteiger partial charge in [-0.1, -0.05) is 16.8 Å². The minimum absolute atomic E-state index is 0.0417. The number of halogens is 1. The Bertz CT molecular complexity index is 658. The summed E-state index contributed by atoms with van der Waals surface area (Å²) in [5.74, 6) is 0.633. The van der Waals surface area contributed by atoms with E-state index >= 15 is 0 Å². The number of tetrazole rings is 1. The lowest BCUT2D eigenvalue weighted by atomic mass is 10.4. The first-order valence-corrected chi connectivity index (χ1v) is 6.94. The van der Waals surface area contributed by atoms with E-state index in [2.05, 4.69) is 35.6 Å². The van der Waals surface area contributed by atoms with Gasteiger partial charge < -0.3 is 5.32 Å². The van der Waals surface area contributed by atoms with E-state index in [9.17, 15) is 8.42 Å². The quantitative estimate of drug-likeness (QED) is 0.696. The first kappa shape index (κ1) is 13.6. The van der Waals surface area contributed by atoms with E-state index in [4.69, 9.17) is 11.6 Å². The molecule has 0 spiro atoms. The third-order valence-electron chi connectivity index (χ3n) is 2.17. The molecule has 2 aromatic heterocycles. The Morgan fingerprint density at radius 2 is 2.26 bits per heavy atom. The molecule has 0 aliphatic rings. The van der Waals surface area contributed by atoms with Gasteiger partial charge in [-0.3, -0.25) is 0 Å². The Labute approximate surface area is 113 Å². The number of aromatic amines is 1. The van der Waals surface area contributed by atoms with Gasteiger partial charge in [0.2, 0.25) is 10.0 Å². The van der Waals surface area contributed by atoms with Gasteiger partial charge in [-0.15, -0.1) is 10.2 Å². The normalized spacial score (nSPS) is 11.5. The average molecular weight is 304 g/mol. The maximum Gasteiger partial charge on any atom is 0.242 e. The molecule has 0 bridgehead atoms. The fourth-order valence-electron chi connectivity index (χ4n) is 1.25. The summed E-state index contributed by atoms with van der Waals surface area (Å²) in [4.78, 5) is 3.85. The van der Waals surface area contributed by atoms with Crippen LogP contribution in [0.2, 0.25) is 5.02 Å². The molecule has 0 saturated heterocycles. The lowest BCUT2D eigenvalue weighted by molar-refractivity contribution is 0.579. The van der Waals surface area contributed by atoms with Crippen molar-refractivity contribution in [3.8, 4) is 0 Å². The van der Waals surface area contributed by atoms with Crippen LogP contribution in [-0.2, 0) is 16.6 Å². The van der Waals surface area contributed by atoms with Crippen molar-refractivity contribution in [1.82, 2.24) is 30.3 Å². The highest BCUT2D eigenvalue weighted by Crippen LogP contribution is 2.21. The summed E-state index contributed by atoms with van der Waals surface area (Å²) in [6, 6.07) is 1.30. The number of nitrogens with one attached hydrogen (secondary N) is 3. The number of hydrogen-bond acceptors (Lipinski definition) is 7. The maximum atomic E-state index is 12.0. The fraction of sp³-hybridized carbons (Fsp3) is 0.250. The zero-order valence-corrected chi connectivity index (χ0v) is 11.3. The molecular weight excluding hydrogens is 294 g/mol. The van der Waals surface area contributed by atoms with Gasteiger partial charge in [0.05, 0.1) is 11.6 Å². The molecule has 2 heterocycles.